The molecule has 0 N–H and O–H groups in total. The highest BCUT2D eigenvalue weighted by molar-refractivity contribution is 6.49. The van der Waals surface area contributed by atoms with Crippen molar-refractivity contribution >= 4 is 77.9 Å². The van der Waals surface area contributed by atoms with Crippen molar-refractivity contribution in [2.45, 2.75) is 0 Å². The zero-order chi connectivity index (χ0) is 27.2. The van der Waals surface area contributed by atoms with Crippen LogP contribution in [-0.4, -0.2) is 7.85 Å². The maximum atomic E-state index is 10.0. The lowest BCUT2D eigenvalue weighted by Gasteiger charge is -2.15. The van der Waals surface area contributed by atoms with Gasteiger partial charge in [0, 0.05) is 5.39 Å². The summed E-state index contributed by atoms with van der Waals surface area (Å²) in [5, 5.41) is 24.3. The highest BCUT2D eigenvalue weighted by atomic mass is 14.3. The molecule has 2 heteroatoms. The summed E-state index contributed by atoms with van der Waals surface area (Å²) in [5.41, 5.74) is 6.34. The van der Waals surface area contributed by atoms with Crippen LogP contribution in [0.4, 0.5) is 0 Å². The van der Waals surface area contributed by atoms with Gasteiger partial charge in [0.05, 0.1) is 11.6 Å². The van der Waals surface area contributed by atoms with E-state index in [9.17, 15) is 5.26 Å². The van der Waals surface area contributed by atoms with Crippen molar-refractivity contribution in [3.8, 4) is 28.3 Å². The van der Waals surface area contributed by atoms with Gasteiger partial charge in [-0.1, -0.05) is 121 Å². The molecule has 0 aromatic heterocycles. The van der Waals surface area contributed by atoms with E-state index in [4.69, 9.17) is 7.85 Å². The van der Waals surface area contributed by atoms with Crippen LogP contribution in [0.15, 0.2) is 121 Å². The van der Waals surface area contributed by atoms with E-state index in [0.29, 0.717) is 5.56 Å². The van der Waals surface area contributed by atoms with Crippen molar-refractivity contribution < 1.29 is 0 Å². The van der Waals surface area contributed by atoms with E-state index in [2.05, 4.69) is 121 Å². The summed E-state index contributed by atoms with van der Waals surface area (Å²) >= 11 is 0. The summed E-state index contributed by atoms with van der Waals surface area (Å²) in [5.74, 6) is 0. The molecule has 1 nitrogen and oxygen atoms in total. The zero-order valence-corrected chi connectivity index (χ0v) is 22.1. The molecule has 0 saturated carbocycles. The van der Waals surface area contributed by atoms with Gasteiger partial charge in [0.25, 0.3) is 0 Å². The second-order valence-electron chi connectivity index (χ2n) is 10.9. The van der Waals surface area contributed by atoms with Crippen LogP contribution < -0.4 is 5.46 Å². The van der Waals surface area contributed by atoms with Gasteiger partial charge in [-0.15, -0.1) is 0 Å². The molecular weight excluding hydrogens is 493 g/mol. The van der Waals surface area contributed by atoms with Gasteiger partial charge < -0.3 is 0 Å². The van der Waals surface area contributed by atoms with Crippen molar-refractivity contribution in [2.75, 3.05) is 0 Å². The molecule has 0 fully saturated rings. The fourth-order valence-electron chi connectivity index (χ4n) is 7.38. The highest BCUT2D eigenvalue weighted by Gasteiger charge is 2.27. The molecule has 0 spiro atoms. The van der Waals surface area contributed by atoms with Crippen LogP contribution in [0.2, 0.25) is 0 Å². The largest absolute Gasteiger partial charge is 0.192 e. The predicted octanol–water partition coefficient (Wildman–Crippen LogP) is 9.48. The van der Waals surface area contributed by atoms with Gasteiger partial charge >= 0.3 is 0 Å². The molecular formula is C39H20BN. The molecule has 0 unspecified atom stereocenters. The van der Waals surface area contributed by atoms with Gasteiger partial charge in [-0.2, -0.15) is 5.26 Å². The van der Waals surface area contributed by atoms with Crippen molar-refractivity contribution in [2.24, 2.45) is 0 Å². The molecule has 0 aliphatic heterocycles. The second-order valence-corrected chi connectivity index (χ2v) is 10.9. The van der Waals surface area contributed by atoms with Crippen molar-refractivity contribution in [3.63, 3.8) is 0 Å². The van der Waals surface area contributed by atoms with Crippen LogP contribution in [-0.2, 0) is 0 Å². The first-order valence-corrected chi connectivity index (χ1v) is 13.9. The van der Waals surface area contributed by atoms with Gasteiger partial charge in [0.2, 0.25) is 0 Å². The van der Waals surface area contributed by atoms with E-state index in [1.807, 2.05) is 6.07 Å². The predicted molar refractivity (Wildman–Crippen MR) is 175 cm³/mol. The van der Waals surface area contributed by atoms with Gasteiger partial charge in [0.1, 0.15) is 7.85 Å². The maximum Gasteiger partial charge on any atom is 0.114 e. The molecule has 9 aromatic carbocycles. The van der Waals surface area contributed by atoms with Crippen LogP contribution >= 0.6 is 0 Å². The Kier molecular flexibility index (Phi) is 4.42. The van der Waals surface area contributed by atoms with Gasteiger partial charge in [0.15, 0.2) is 0 Å². The quantitative estimate of drug-likeness (QED) is 0.211. The zero-order valence-electron chi connectivity index (χ0n) is 22.1. The monoisotopic (exact) mass is 513 g/mol. The third kappa shape index (κ3) is 2.80. The van der Waals surface area contributed by atoms with Crippen LogP contribution in [0.25, 0.3) is 86.9 Å². The minimum Gasteiger partial charge on any atom is -0.192 e. The van der Waals surface area contributed by atoms with E-state index in [0.717, 1.165) is 21.6 Å². The van der Waals surface area contributed by atoms with Gasteiger partial charge in [-0.05, 0) is 87.6 Å². The molecule has 0 bridgehead atoms. The van der Waals surface area contributed by atoms with Crippen LogP contribution in [0, 0.1) is 11.3 Å². The Morgan fingerprint density at radius 2 is 0.829 bits per heavy atom. The molecule has 0 saturated heterocycles. The summed E-state index contributed by atoms with van der Waals surface area (Å²) in [4.78, 5) is 0. The minimum absolute atomic E-state index is 0.707. The standard InChI is InChI=1S/C39H20BN/c40-31-20-19-30-35-26(31)14-8-16-28(35)37-32(22-9-3-1-4-10-22)36-27-15-7-13-25-24(21-41)17-18-29(34(25)27)38(36)33(39(30)37)23-11-5-2-6-12-23/h1-20H. The first kappa shape index (κ1) is 22.4. The molecule has 41 heavy (non-hydrogen) atoms. The number of benzene rings is 7. The first-order chi connectivity index (χ1) is 20.3. The summed E-state index contributed by atoms with van der Waals surface area (Å²) in [7, 11) is 6.57. The highest BCUT2D eigenvalue weighted by Crippen LogP contribution is 2.55. The Labute approximate surface area is 238 Å². The lowest BCUT2D eigenvalue weighted by atomic mass is 9.87. The number of hydrogen-bond acceptors (Lipinski definition) is 1. The molecule has 9 aromatic rings. The van der Waals surface area contributed by atoms with Gasteiger partial charge in [-0.3, -0.25) is 0 Å². The van der Waals surface area contributed by atoms with Crippen LogP contribution in [0.3, 0.4) is 0 Å². The number of rotatable bonds is 2. The summed E-state index contributed by atoms with van der Waals surface area (Å²) in [6.45, 7) is 0. The Hall–Kier alpha value is -5.39. The van der Waals surface area contributed by atoms with Gasteiger partial charge in [-0.25, -0.2) is 0 Å². The Balaban J connectivity index is 1.71. The Bertz CT molecular complexity index is 2420. The Morgan fingerprint density at radius 1 is 0.390 bits per heavy atom. The molecule has 0 aliphatic rings. The second kappa shape index (κ2) is 8.07. The fraction of sp³-hybridized carbons (Fsp3) is 0. The van der Waals surface area contributed by atoms with E-state index >= 15 is 0 Å². The number of fused-ring (bicyclic) bond motifs is 6. The minimum atomic E-state index is 0.707. The van der Waals surface area contributed by atoms with Crippen molar-refractivity contribution in [3.05, 3.63) is 127 Å². The molecule has 0 amide bonds. The lowest BCUT2D eigenvalue weighted by molar-refractivity contribution is 1.51. The summed E-state index contributed by atoms with van der Waals surface area (Å²) in [6.07, 6.45) is 0. The molecule has 0 heterocycles. The van der Waals surface area contributed by atoms with E-state index in [1.54, 1.807) is 0 Å². The lowest BCUT2D eigenvalue weighted by Crippen LogP contribution is -2.02. The SMILES string of the molecule is [B]c1ccc2c3c(-c4ccccc4)c4c5ccc(C#N)c6cccc(c4c(-c4ccccc4)c3c3cccc1c32)c65. The topological polar surface area (TPSA) is 23.8 Å². The molecule has 2 radical (unpaired) electrons. The maximum absolute atomic E-state index is 10.0. The summed E-state index contributed by atoms with van der Waals surface area (Å²) in [6, 6.07) is 45.3. The van der Waals surface area contributed by atoms with E-state index in [1.165, 1.54) is 70.7 Å². The van der Waals surface area contributed by atoms with Crippen LogP contribution in [0.5, 0.6) is 0 Å². The number of nitrogens with zero attached hydrogens (tertiary/aromatic N) is 1. The third-order valence-electron chi connectivity index (χ3n) is 8.94. The van der Waals surface area contributed by atoms with Crippen molar-refractivity contribution in [1.29, 1.82) is 5.26 Å². The van der Waals surface area contributed by atoms with E-state index in [-0.39, 0.29) is 0 Å². The molecule has 0 atom stereocenters. The average molecular weight is 513 g/mol. The number of hydrogen-bond donors (Lipinski definition) is 0. The number of nitriles is 1. The molecule has 0 aliphatic carbocycles. The third-order valence-corrected chi connectivity index (χ3v) is 8.94. The first-order valence-electron chi connectivity index (χ1n) is 13.9. The Morgan fingerprint density at radius 3 is 1.37 bits per heavy atom. The average Bonchev–Trinajstić information content (AvgIpc) is 3.54. The normalized spacial score (nSPS) is 12.0. The van der Waals surface area contributed by atoms with Crippen LogP contribution in [0.1, 0.15) is 5.56 Å². The smallest absolute Gasteiger partial charge is 0.114 e. The molecule has 9 rings (SSSR count). The van der Waals surface area contributed by atoms with E-state index < -0.39 is 0 Å². The summed E-state index contributed by atoms with van der Waals surface area (Å²) < 4.78 is 0. The molecule has 184 valence electrons. The fourth-order valence-corrected chi connectivity index (χ4v) is 7.38. The van der Waals surface area contributed by atoms with Crippen molar-refractivity contribution in [1.82, 2.24) is 0 Å².